The molecule has 136 valence electrons. The van der Waals surface area contributed by atoms with Gasteiger partial charge in [-0.3, -0.25) is 9.36 Å². The second kappa shape index (κ2) is 7.74. The maximum Gasteiger partial charge on any atom is 0.253 e. The number of carbonyl (C=O) groups is 1. The molecule has 1 N–H and O–H groups in total. The van der Waals surface area contributed by atoms with Crippen molar-refractivity contribution in [1.82, 2.24) is 14.9 Å². The van der Waals surface area contributed by atoms with E-state index in [2.05, 4.69) is 10.3 Å². The third kappa shape index (κ3) is 3.65. The van der Waals surface area contributed by atoms with E-state index < -0.39 is 0 Å². The number of amides is 1. The fourth-order valence-corrected chi connectivity index (χ4v) is 3.74. The summed E-state index contributed by atoms with van der Waals surface area (Å²) in [7, 11) is 0. The summed E-state index contributed by atoms with van der Waals surface area (Å²) >= 11 is 1.55. The lowest BCUT2D eigenvalue weighted by molar-refractivity contribution is 0.0939. The quantitative estimate of drug-likeness (QED) is 0.699. The van der Waals surface area contributed by atoms with Crippen LogP contribution in [0.2, 0.25) is 0 Å². The number of ether oxygens (including phenoxy) is 1. The largest absolute Gasteiger partial charge is 0.494 e. The zero-order valence-electron chi connectivity index (χ0n) is 15.4. The molecular weight excluding hydrogens is 346 g/mol. The molecule has 0 bridgehead atoms. The first-order valence-electron chi connectivity index (χ1n) is 8.63. The minimum absolute atomic E-state index is 0.0812. The number of rotatable bonds is 6. The minimum Gasteiger partial charge on any atom is -0.494 e. The van der Waals surface area contributed by atoms with Crippen molar-refractivity contribution in [3.63, 3.8) is 0 Å². The van der Waals surface area contributed by atoms with Crippen molar-refractivity contribution in [1.29, 1.82) is 0 Å². The number of nitrogens with one attached hydrogen (secondary N) is 1. The molecule has 5 nitrogen and oxygen atoms in total. The molecule has 1 amide bonds. The Bertz CT molecular complexity index is 883. The van der Waals surface area contributed by atoms with Crippen molar-refractivity contribution in [2.45, 2.75) is 33.7 Å². The third-order valence-electron chi connectivity index (χ3n) is 4.33. The highest BCUT2D eigenvalue weighted by Gasteiger charge is 2.19. The second-order valence-electron chi connectivity index (χ2n) is 6.13. The highest BCUT2D eigenvalue weighted by atomic mass is 32.1. The molecule has 1 aromatic carbocycles. The minimum atomic E-state index is -0.0962. The van der Waals surface area contributed by atoms with Crippen LogP contribution in [0.4, 0.5) is 0 Å². The zero-order chi connectivity index (χ0) is 18.7. The average Bonchev–Trinajstić information content (AvgIpc) is 3.23. The van der Waals surface area contributed by atoms with Crippen LogP contribution in [-0.4, -0.2) is 22.1 Å². The van der Waals surface area contributed by atoms with Crippen LogP contribution >= 0.6 is 11.3 Å². The summed E-state index contributed by atoms with van der Waals surface area (Å²) in [6.45, 7) is 8.51. The van der Waals surface area contributed by atoms with Gasteiger partial charge in [0.15, 0.2) is 5.13 Å². The average molecular weight is 369 g/mol. The van der Waals surface area contributed by atoms with Crippen molar-refractivity contribution < 1.29 is 9.53 Å². The van der Waals surface area contributed by atoms with Gasteiger partial charge in [0, 0.05) is 23.0 Å². The molecule has 0 aliphatic heterocycles. The van der Waals surface area contributed by atoms with Gasteiger partial charge in [0.05, 0.1) is 18.2 Å². The maximum absolute atomic E-state index is 12.8. The Kier molecular flexibility index (Phi) is 5.42. The van der Waals surface area contributed by atoms with Gasteiger partial charge in [-0.05, 0) is 51.5 Å². The van der Waals surface area contributed by atoms with Crippen molar-refractivity contribution in [2.75, 3.05) is 6.61 Å². The van der Waals surface area contributed by atoms with Crippen LogP contribution in [0.15, 0.2) is 41.9 Å². The number of carbonyl (C=O) groups excluding carboxylic acids is 1. The lowest BCUT2D eigenvalue weighted by Gasteiger charge is -2.15. The molecule has 0 aliphatic rings. The predicted molar refractivity (Wildman–Crippen MR) is 104 cm³/mol. The number of aryl methyl sites for hydroxylation is 1. The van der Waals surface area contributed by atoms with Gasteiger partial charge >= 0.3 is 0 Å². The van der Waals surface area contributed by atoms with Crippen LogP contribution in [0.3, 0.4) is 0 Å². The van der Waals surface area contributed by atoms with Gasteiger partial charge in [-0.1, -0.05) is 12.1 Å². The summed E-state index contributed by atoms with van der Waals surface area (Å²) in [6, 6.07) is 9.63. The fraction of sp³-hybridized carbons (Fsp3) is 0.300. The fourth-order valence-electron chi connectivity index (χ4n) is 2.99. The van der Waals surface area contributed by atoms with Crippen LogP contribution in [-0.2, 0) is 0 Å². The molecule has 0 aliphatic carbocycles. The van der Waals surface area contributed by atoms with E-state index in [1.165, 1.54) is 0 Å². The monoisotopic (exact) mass is 369 g/mol. The first kappa shape index (κ1) is 18.2. The maximum atomic E-state index is 12.8. The van der Waals surface area contributed by atoms with Crippen molar-refractivity contribution in [2.24, 2.45) is 0 Å². The Morgan fingerprint density at radius 2 is 2.04 bits per heavy atom. The molecule has 26 heavy (non-hydrogen) atoms. The van der Waals surface area contributed by atoms with Crippen LogP contribution in [0, 0.1) is 13.8 Å². The number of hydrogen-bond acceptors (Lipinski definition) is 4. The van der Waals surface area contributed by atoms with Gasteiger partial charge < -0.3 is 10.1 Å². The van der Waals surface area contributed by atoms with E-state index in [1.807, 2.05) is 68.0 Å². The molecule has 0 saturated carbocycles. The van der Waals surface area contributed by atoms with Gasteiger partial charge in [0.1, 0.15) is 5.75 Å². The summed E-state index contributed by atoms with van der Waals surface area (Å²) < 4.78 is 7.48. The zero-order valence-corrected chi connectivity index (χ0v) is 16.3. The van der Waals surface area contributed by atoms with Crippen molar-refractivity contribution >= 4 is 17.2 Å². The van der Waals surface area contributed by atoms with E-state index in [0.29, 0.717) is 12.2 Å². The van der Waals surface area contributed by atoms with Crippen LogP contribution in [0.5, 0.6) is 5.75 Å². The molecule has 1 atom stereocenters. The van der Waals surface area contributed by atoms with E-state index in [0.717, 1.165) is 27.8 Å². The summed E-state index contributed by atoms with van der Waals surface area (Å²) in [5, 5.41) is 5.89. The Labute approximate surface area is 157 Å². The number of benzene rings is 1. The lowest BCUT2D eigenvalue weighted by Crippen LogP contribution is -2.27. The standard InChI is InChI=1S/C20H23N3O2S/c1-5-25-17-8-6-16(7-9-17)14(3)22-19(24)18-12-13(2)23(15(18)4)20-21-10-11-26-20/h6-12,14H,5H2,1-4H3,(H,22,24). The first-order chi connectivity index (χ1) is 12.5. The van der Waals surface area contributed by atoms with Gasteiger partial charge in [0.25, 0.3) is 5.91 Å². The molecule has 0 saturated heterocycles. The Morgan fingerprint density at radius 3 is 2.65 bits per heavy atom. The summed E-state index contributed by atoms with van der Waals surface area (Å²) in [6.07, 6.45) is 1.77. The molecule has 2 aromatic heterocycles. The highest BCUT2D eigenvalue weighted by molar-refractivity contribution is 7.12. The van der Waals surface area contributed by atoms with Crippen LogP contribution in [0.25, 0.3) is 5.13 Å². The number of thiazole rings is 1. The lowest BCUT2D eigenvalue weighted by atomic mass is 10.1. The smallest absolute Gasteiger partial charge is 0.253 e. The summed E-state index contributed by atoms with van der Waals surface area (Å²) in [5.74, 6) is 0.754. The Morgan fingerprint density at radius 1 is 1.31 bits per heavy atom. The van der Waals surface area contributed by atoms with Gasteiger partial charge in [-0.15, -0.1) is 11.3 Å². The normalized spacial score (nSPS) is 12.0. The third-order valence-corrected chi connectivity index (χ3v) is 5.08. The number of nitrogens with zero attached hydrogens (tertiary/aromatic N) is 2. The summed E-state index contributed by atoms with van der Waals surface area (Å²) in [4.78, 5) is 17.1. The molecule has 2 heterocycles. The van der Waals surface area contributed by atoms with Gasteiger partial charge in [-0.2, -0.15) is 0 Å². The predicted octanol–water partition coefficient (Wildman–Crippen LogP) is 4.44. The Hall–Kier alpha value is -2.60. The molecule has 0 spiro atoms. The van der Waals surface area contributed by atoms with Crippen molar-refractivity contribution in [3.05, 3.63) is 64.4 Å². The second-order valence-corrected chi connectivity index (χ2v) is 7.01. The van der Waals surface area contributed by atoms with E-state index in [-0.39, 0.29) is 11.9 Å². The molecular formula is C20H23N3O2S. The molecule has 0 fully saturated rings. The first-order valence-corrected chi connectivity index (χ1v) is 9.51. The molecule has 1 unspecified atom stereocenters. The summed E-state index contributed by atoms with van der Waals surface area (Å²) in [5.41, 5.74) is 3.61. The topological polar surface area (TPSA) is 56.1 Å². The van der Waals surface area contributed by atoms with Crippen LogP contribution < -0.4 is 10.1 Å². The number of aromatic nitrogens is 2. The molecule has 6 heteroatoms. The van der Waals surface area contributed by atoms with E-state index >= 15 is 0 Å². The molecule has 3 aromatic rings. The van der Waals surface area contributed by atoms with Gasteiger partial charge in [-0.25, -0.2) is 4.98 Å². The Balaban J connectivity index is 1.77. The van der Waals surface area contributed by atoms with E-state index in [4.69, 9.17) is 4.74 Å². The highest BCUT2D eigenvalue weighted by Crippen LogP contribution is 2.23. The molecule has 0 radical (unpaired) electrons. The SMILES string of the molecule is CCOc1ccc(C(C)NC(=O)c2cc(C)n(-c3nccs3)c2C)cc1. The van der Waals surface area contributed by atoms with Crippen LogP contribution in [0.1, 0.15) is 47.2 Å². The number of hydrogen-bond donors (Lipinski definition) is 1. The molecule has 3 rings (SSSR count). The van der Waals surface area contributed by atoms with Crippen molar-refractivity contribution in [3.8, 4) is 10.9 Å². The van der Waals surface area contributed by atoms with E-state index in [1.54, 1.807) is 17.5 Å². The van der Waals surface area contributed by atoms with E-state index in [9.17, 15) is 4.79 Å². The van der Waals surface area contributed by atoms with Gasteiger partial charge in [0.2, 0.25) is 0 Å².